The van der Waals surface area contributed by atoms with Crippen molar-refractivity contribution < 1.29 is 29.0 Å². The molecule has 0 spiro atoms. The van der Waals surface area contributed by atoms with Crippen LogP contribution in [0.25, 0.3) is 0 Å². The molecule has 0 aromatic heterocycles. The van der Waals surface area contributed by atoms with Gasteiger partial charge in [0, 0.05) is 45.1 Å². The molecule has 0 radical (unpaired) electrons. The Bertz CT molecular complexity index is 1400. The lowest BCUT2D eigenvalue weighted by atomic mass is 9.32. The van der Waals surface area contributed by atoms with Crippen molar-refractivity contribution in [2.24, 2.45) is 62.1 Å². The molecule has 1 aliphatic heterocycles. The van der Waals surface area contributed by atoms with Crippen LogP contribution in [0.3, 0.4) is 0 Å². The van der Waals surface area contributed by atoms with Gasteiger partial charge in [0.05, 0.1) is 25.0 Å². The highest BCUT2D eigenvalue weighted by molar-refractivity contribution is 5.81. The highest BCUT2D eigenvalue weighted by Gasteiger charge is 2.71. The summed E-state index contributed by atoms with van der Waals surface area (Å²) in [6.45, 7) is 27.7. The molecule has 6 rings (SSSR count). The van der Waals surface area contributed by atoms with Gasteiger partial charge >= 0.3 is 11.9 Å². The van der Waals surface area contributed by atoms with Crippen molar-refractivity contribution in [1.29, 1.82) is 0 Å². The van der Waals surface area contributed by atoms with Crippen LogP contribution in [0.15, 0.2) is 12.2 Å². The van der Waals surface area contributed by atoms with Crippen LogP contribution in [-0.2, 0) is 23.9 Å². The molecule has 8 heteroatoms. The monoisotopic (exact) mass is 725 g/mol. The van der Waals surface area contributed by atoms with E-state index in [9.17, 15) is 19.5 Å². The molecular formula is C44H72N2O6. The van der Waals surface area contributed by atoms with Crippen LogP contribution in [0.5, 0.6) is 0 Å². The Morgan fingerprint density at radius 1 is 0.904 bits per heavy atom. The first-order chi connectivity index (χ1) is 24.2. The Morgan fingerprint density at radius 3 is 2.25 bits per heavy atom. The first-order valence-electron chi connectivity index (χ1n) is 20.8. The van der Waals surface area contributed by atoms with E-state index in [1.807, 2.05) is 11.9 Å². The van der Waals surface area contributed by atoms with Gasteiger partial charge < -0.3 is 19.5 Å². The smallest absolute Gasteiger partial charge is 0.309 e. The fraction of sp³-hybridized carbons (Fsp3) is 0.886. The lowest BCUT2D eigenvalue weighted by Crippen LogP contribution is -2.67. The topological polar surface area (TPSA) is 96.4 Å². The highest BCUT2D eigenvalue weighted by atomic mass is 16.5. The maximum absolute atomic E-state index is 14.1. The van der Waals surface area contributed by atoms with Crippen LogP contribution >= 0.6 is 0 Å². The normalized spacial score (nSPS) is 41.5. The molecule has 1 heterocycles. The highest BCUT2D eigenvalue weighted by Crippen LogP contribution is 2.78. The number of rotatable bonds is 10. The van der Waals surface area contributed by atoms with Gasteiger partial charge in [-0.25, -0.2) is 0 Å². The first-order valence-corrected chi connectivity index (χ1v) is 20.8. The number of carbonyl (C=O) groups excluding carboxylic acids is 2. The third kappa shape index (κ3) is 6.49. The standard InChI is InChI=1S/C44H72N2O6/c1-29(2)30-13-18-44(27-35(47)45(10)21-22-46-23-25-51-26-24-46)20-19-42(8)31(37(30)44)11-12-33-41(7)16-15-34(52-36(48)28-39(3,4)38(49)50)40(5,6)32(41)14-17-43(33,42)9/h30-34,37H,1,11-28H2,2-10H3,(H,49,50)/t30-,31+,32-,33+,34-,37+,41-,42+,43+,44+/m0/s1. The van der Waals surface area contributed by atoms with Gasteiger partial charge in [-0.3, -0.25) is 19.3 Å². The molecule has 10 atom stereocenters. The lowest BCUT2D eigenvalue weighted by Gasteiger charge is -2.73. The zero-order valence-electron chi connectivity index (χ0n) is 34.3. The molecule has 6 aliphatic rings. The van der Waals surface area contributed by atoms with E-state index in [0.29, 0.717) is 41.9 Å². The Kier molecular flexibility index (Phi) is 10.7. The number of carboxylic acid groups (broad SMARTS) is 1. The van der Waals surface area contributed by atoms with Crippen molar-refractivity contribution >= 4 is 17.8 Å². The number of amides is 1. The van der Waals surface area contributed by atoms with Gasteiger partial charge in [-0.15, -0.1) is 0 Å². The van der Waals surface area contributed by atoms with Crippen molar-refractivity contribution in [3.63, 3.8) is 0 Å². The predicted molar refractivity (Wildman–Crippen MR) is 204 cm³/mol. The maximum Gasteiger partial charge on any atom is 0.309 e. The quantitative estimate of drug-likeness (QED) is 0.179. The van der Waals surface area contributed by atoms with Gasteiger partial charge in [-0.05, 0) is 136 Å². The number of likely N-dealkylation sites (N-methyl/N-ethyl adjacent to an activating group) is 1. The lowest BCUT2D eigenvalue weighted by molar-refractivity contribution is -0.250. The van der Waals surface area contributed by atoms with Gasteiger partial charge in [-0.1, -0.05) is 46.8 Å². The van der Waals surface area contributed by atoms with Crippen LogP contribution < -0.4 is 0 Å². The summed E-state index contributed by atoms with van der Waals surface area (Å²) in [7, 11) is 2.02. The molecule has 1 saturated heterocycles. The predicted octanol–water partition coefficient (Wildman–Crippen LogP) is 8.24. The van der Waals surface area contributed by atoms with Gasteiger partial charge in [0.25, 0.3) is 0 Å². The minimum absolute atomic E-state index is 0.0571. The Hall–Kier alpha value is -1.93. The van der Waals surface area contributed by atoms with Gasteiger partial charge in [0.15, 0.2) is 0 Å². The minimum atomic E-state index is -1.14. The van der Waals surface area contributed by atoms with Crippen molar-refractivity contribution in [3.05, 3.63) is 12.2 Å². The average molecular weight is 725 g/mol. The number of aliphatic carboxylic acids is 1. The number of morpholine rings is 1. The zero-order valence-corrected chi connectivity index (χ0v) is 34.3. The van der Waals surface area contributed by atoms with Crippen LogP contribution in [0, 0.1) is 62.1 Å². The summed E-state index contributed by atoms with van der Waals surface area (Å²) in [6, 6.07) is 0. The molecule has 6 fully saturated rings. The summed E-state index contributed by atoms with van der Waals surface area (Å²) in [5, 5.41) is 9.62. The molecule has 0 bridgehead atoms. The Morgan fingerprint density at radius 2 is 1.60 bits per heavy atom. The maximum atomic E-state index is 14.1. The molecule has 1 amide bonds. The van der Waals surface area contributed by atoms with Crippen LogP contribution in [-0.4, -0.2) is 85.3 Å². The van der Waals surface area contributed by atoms with E-state index in [2.05, 4.69) is 53.0 Å². The summed E-state index contributed by atoms with van der Waals surface area (Å²) in [5.41, 5.74) is 0.566. The molecule has 1 N–H and O–H groups in total. The molecule has 0 unspecified atom stereocenters. The third-order valence-corrected chi connectivity index (χ3v) is 17.4. The van der Waals surface area contributed by atoms with Crippen LogP contribution in [0.4, 0.5) is 0 Å². The van der Waals surface area contributed by atoms with E-state index in [1.165, 1.54) is 31.3 Å². The number of carboxylic acids is 1. The summed E-state index contributed by atoms with van der Waals surface area (Å²) >= 11 is 0. The fourth-order valence-electron chi connectivity index (χ4n) is 14.1. The van der Waals surface area contributed by atoms with Crippen molar-refractivity contribution in [2.45, 2.75) is 139 Å². The van der Waals surface area contributed by atoms with Gasteiger partial charge in [0.1, 0.15) is 6.10 Å². The van der Waals surface area contributed by atoms with E-state index in [4.69, 9.17) is 9.47 Å². The second-order valence-corrected chi connectivity index (χ2v) is 20.7. The third-order valence-electron chi connectivity index (χ3n) is 17.4. The Balaban J connectivity index is 1.21. The van der Waals surface area contributed by atoms with E-state index < -0.39 is 11.4 Å². The van der Waals surface area contributed by atoms with Crippen molar-refractivity contribution in [3.8, 4) is 0 Å². The molecule has 8 nitrogen and oxygen atoms in total. The molecule has 52 heavy (non-hydrogen) atoms. The number of hydrogen-bond donors (Lipinski definition) is 1. The summed E-state index contributed by atoms with van der Waals surface area (Å²) in [4.78, 5) is 43.4. The fourth-order valence-corrected chi connectivity index (χ4v) is 14.1. The SMILES string of the molecule is C=C(C)[C@@H]1CC[C@]2(CC(=O)N(C)CCN3CCOCC3)CC[C@]3(C)[C@H](CC[C@@H]4[C@@]5(C)CC[C@H](OC(=O)CC(C)(C)C(=O)O)C(C)(C)[C@@H]5CC[C@]43C)[C@@H]12. The number of carbonyl (C=O) groups is 3. The largest absolute Gasteiger partial charge is 0.481 e. The van der Waals surface area contributed by atoms with Crippen molar-refractivity contribution in [2.75, 3.05) is 46.4 Å². The zero-order chi connectivity index (χ0) is 38.1. The number of allylic oxidation sites excluding steroid dienone is 1. The molecule has 0 aromatic rings. The summed E-state index contributed by atoms with van der Waals surface area (Å²) < 4.78 is 11.7. The van der Waals surface area contributed by atoms with Crippen LogP contribution in [0.2, 0.25) is 0 Å². The molecule has 0 aromatic carbocycles. The number of hydrogen-bond acceptors (Lipinski definition) is 6. The van der Waals surface area contributed by atoms with Crippen LogP contribution in [0.1, 0.15) is 132 Å². The Labute approximate surface area is 315 Å². The number of fused-ring (bicyclic) bond motifs is 7. The summed E-state index contributed by atoms with van der Waals surface area (Å²) in [6.07, 6.45) is 11.6. The van der Waals surface area contributed by atoms with Gasteiger partial charge in [0.2, 0.25) is 5.91 Å². The molecule has 5 aliphatic carbocycles. The van der Waals surface area contributed by atoms with E-state index in [0.717, 1.165) is 77.9 Å². The molecular weight excluding hydrogens is 652 g/mol. The first kappa shape index (κ1) is 39.8. The van der Waals surface area contributed by atoms with E-state index in [1.54, 1.807) is 13.8 Å². The molecule has 5 saturated carbocycles. The second-order valence-electron chi connectivity index (χ2n) is 20.7. The average Bonchev–Trinajstić information content (AvgIpc) is 3.45. The number of esters is 1. The van der Waals surface area contributed by atoms with E-state index >= 15 is 0 Å². The number of nitrogens with zero attached hydrogens (tertiary/aromatic N) is 2. The molecule has 294 valence electrons. The van der Waals surface area contributed by atoms with E-state index in [-0.39, 0.29) is 45.6 Å². The van der Waals surface area contributed by atoms with Gasteiger partial charge in [-0.2, -0.15) is 0 Å². The second kappa shape index (κ2) is 14.0. The summed E-state index contributed by atoms with van der Waals surface area (Å²) in [5.74, 6) is 1.56. The minimum Gasteiger partial charge on any atom is -0.481 e. The van der Waals surface area contributed by atoms with Crippen molar-refractivity contribution in [1.82, 2.24) is 9.80 Å². The number of ether oxygens (including phenoxy) is 2.